The molecule has 0 saturated carbocycles. The van der Waals surface area contributed by atoms with Crippen LogP contribution in [0.2, 0.25) is 0 Å². The first kappa shape index (κ1) is 18.9. The van der Waals surface area contributed by atoms with E-state index in [1.165, 1.54) is 11.8 Å². The Labute approximate surface area is 152 Å². The fraction of sp³-hybridized carbons (Fsp3) is 0.471. The summed E-state index contributed by atoms with van der Waals surface area (Å²) in [6.07, 6.45) is -1.56. The van der Waals surface area contributed by atoms with Gasteiger partial charge in [-0.2, -0.15) is 13.2 Å². The van der Waals surface area contributed by atoms with Crippen molar-refractivity contribution in [3.8, 4) is 0 Å². The van der Waals surface area contributed by atoms with Gasteiger partial charge in [-0.15, -0.1) is 22.0 Å². The second kappa shape index (κ2) is 7.79. The Morgan fingerprint density at radius 3 is 2.69 bits per heavy atom. The number of unbranched alkanes of at least 4 members (excludes halogenated alkanes) is 1. The number of benzene rings is 1. The molecule has 0 atom stereocenters. The van der Waals surface area contributed by atoms with Gasteiger partial charge < -0.3 is 5.11 Å². The second-order valence-electron chi connectivity index (χ2n) is 5.95. The predicted molar refractivity (Wildman–Crippen MR) is 94.3 cm³/mol. The Balaban J connectivity index is 2.20. The van der Waals surface area contributed by atoms with Crippen molar-refractivity contribution in [2.75, 3.05) is 12.4 Å². The lowest BCUT2D eigenvalue weighted by Gasteiger charge is -2.11. The number of nitrogens with zero attached hydrogens (tertiary/aromatic N) is 4. The van der Waals surface area contributed by atoms with Crippen molar-refractivity contribution in [1.82, 2.24) is 19.6 Å². The molecule has 5 nitrogen and oxygen atoms in total. The van der Waals surface area contributed by atoms with Crippen LogP contribution >= 0.6 is 11.8 Å². The van der Waals surface area contributed by atoms with Crippen LogP contribution in [0.3, 0.4) is 0 Å². The number of aromatic nitrogens is 4. The maximum absolute atomic E-state index is 13.4. The molecule has 0 aliphatic carbocycles. The molecular formula is C17H19F3N4OS. The van der Waals surface area contributed by atoms with E-state index in [1.807, 2.05) is 6.07 Å². The number of halogens is 3. The van der Waals surface area contributed by atoms with Gasteiger partial charge in [0.15, 0.2) is 5.65 Å². The average Bonchev–Trinajstić information content (AvgIpc) is 3.06. The first-order chi connectivity index (χ1) is 12.5. The molecule has 0 unspecified atom stereocenters. The number of fused-ring (bicyclic) bond motifs is 3. The van der Waals surface area contributed by atoms with E-state index in [0.717, 1.165) is 28.6 Å². The van der Waals surface area contributed by atoms with Crippen LogP contribution in [-0.2, 0) is 12.6 Å². The van der Waals surface area contributed by atoms with Crippen LogP contribution in [0.4, 0.5) is 13.2 Å². The van der Waals surface area contributed by atoms with Crippen molar-refractivity contribution >= 4 is 28.4 Å². The van der Waals surface area contributed by atoms with Gasteiger partial charge in [-0.25, -0.2) is 4.98 Å². The Hall–Kier alpha value is -1.87. The van der Waals surface area contributed by atoms with Crippen LogP contribution in [0.15, 0.2) is 23.2 Å². The molecule has 0 bridgehead atoms. The number of hydrogen-bond acceptors (Lipinski definition) is 5. The fourth-order valence-corrected chi connectivity index (χ4v) is 3.74. The maximum atomic E-state index is 13.4. The zero-order chi connectivity index (χ0) is 18.7. The molecular weight excluding hydrogens is 365 g/mol. The minimum absolute atomic E-state index is 0.0269. The van der Waals surface area contributed by atoms with Crippen molar-refractivity contribution in [3.05, 3.63) is 29.6 Å². The normalized spacial score (nSPS) is 12.3. The maximum Gasteiger partial charge on any atom is 0.452 e. The van der Waals surface area contributed by atoms with Crippen LogP contribution in [0.5, 0.6) is 0 Å². The molecule has 0 aliphatic rings. The van der Waals surface area contributed by atoms with E-state index in [9.17, 15) is 13.2 Å². The van der Waals surface area contributed by atoms with Gasteiger partial charge in [-0.05, 0) is 42.7 Å². The van der Waals surface area contributed by atoms with Crippen molar-refractivity contribution in [2.45, 2.75) is 43.8 Å². The molecule has 0 fully saturated rings. The molecule has 0 saturated heterocycles. The lowest BCUT2D eigenvalue weighted by molar-refractivity contribution is -0.145. The molecule has 0 aliphatic heterocycles. The van der Waals surface area contributed by atoms with Gasteiger partial charge in [0.1, 0.15) is 5.03 Å². The highest BCUT2D eigenvalue weighted by molar-refractivity contribution is 7.99. The standard InChI is InChI=1S/C17H19F3N4OS/c1-2-3-9-26-15-14-22-23-16(17(18,19)20)24(14)13-10-11(5-4-8-25)6-7-12(13)21-15/h6-7,10,25H,2-5,8-9H2,1H3. The summed E-state index contributed by atoms with van der Waals surface area (Å²) in [7, 11) is 0. The SMILES string of the molecule is CCCCSc1nc2ccc(CCCO)cc2n2c(C(F)(F)F)nnc12. The Morgan fingerprint density at radius 2 is 2.00 bits per heavy atom. The summed E-state index contributed by atoms with van der Waals surface area (Å²) in [6.45, 7) is 2.08. The zero-order valence-corrected chi connectivity index (χ0v) is 15.1. The van der Waals surface area contributed by atoms with Gasteiger partial charge in [0, 0.05) is 6.61 Å². The lowest BCUT2D eigenvalue weighted by atomic mass is 10.1. The van der Waals surface area contributed by atoms with Crippen molar-refractivity contribution in [3.63, 3.8) is 0 Å². The predicted octanol–water partition coefficient (Wildman–Crippen LogP) is 4.11. The monoisotopic (exact) mass is 384 g/mol. The summed E-state index contributed by atoms with van der Waals surface area (Å²) in [5.74, 6) is -0.287. The Bertz CT molecular complexity index is 910. The number of thioether (sulfide) groups is 1. The Kier molecular flexibility index (Phi) is 5.67. The summed E-state index contributed by atoms with van der Waals surface area (Å²) in [5.41, 5.74) is 1.76. The quantitative estimate of drug-likeness (QED) is 0.491. The van der Waals surface area contributed by atoms with Crippen LogP contribution in [-0.4, -0.2) is 37.0 Å². The van der Waals surface area contributed by atoms with Gasteiger partial charge in [0.25, 0.3) is 0 Å². The summed E-state index contributed by atoms with van der Waals surface area (Å²) in [4.78, 5) is 4.51. The van der Waals surface area contributed by atoms with Crippen molar-refractivity contribution in [1.29, 1.82) is 0 Å². The molecule has 9 heteroatoms. The second-order valence-corrected chi connectivity index (χ2v) is 7.03. The molecule has 1 N–H and O–H groups in total. The van der Waals surface area contributed by atoms with Gasteiger partial charge in [-0.3, -0.25) is 4.40 Å². The Morgan fingerprint density at radius 1 is 1.19 bits per heavy atom. The van der Waals surface area contributed by atoms with Crippen molar-refractivity contribution in [2.24, 2.45) is 0 Å². The average molecular weight is 384 g/mol. The highest BCUT2D eigenvalue weighted by atomic mass is 32.2. The zero-order valence-electron chi connectivity index (χ0n) is 14.3. The topological polar surface area (TPSA) is 63.3 Å². The summed E-state index contributed by atoms with van der Waals surface area (Å²) in [6, 6.07) is 5.21. The van der Waals surface area contributed by atoms with E-state index in [-0.39, 0.29) is 12.3 Å². The summed E-state index contributed by atoms with van der Waals surface area (Å²) >= 11 is 1.40. The molecule has 3 aromatic rings. The number of alkyl halides is 3. The molecule has 26 heavy (non-hydrogen) atoms. The molecule has 2 heterocycles. The minimum Gasteiger partial charge on any atom is -0.396 e. The van der Waals surface area contributed by atoms with E-state index in [1.54, 1.807) is 12.1 Å². The lowest BCUT2D eigenvalue weighted by Crippen LogP contribution is -2.12. The molecule has 2 aromatic heterocycles. The molecule has 140 valence electrons. The first-order valence-corrected chi connectivity index (χ1v) is 9.43. The van der Waals surface area contributed by atoms with E-state index in [0.29, 0.717) is 28.9 Å². The summed E-state index contributed by atoms with van der Waals surface area (Å²) < 4.78 is 41.4. The number of aliphatic hydroxyl groups excluding tert-OH is 1. The molecule has 0 spiro atoms. The molecule has 3 rings (SSSR count). The third-order valence-corrected chi connectivity index (χ3v) is 5.01. The van der Waals surface area contributed by atoms with Gasteiger partial charge >= 0.3 is 6.18 Å². The van der Waals surface area contributed by atoms with Crippen LogP contribution in [0.1, 0.15) is 37.6 Å². The molecule has 1 aromatic carbocycles. The van der Waals surface area contributed by atoms with E-state index < -0.39 is 12.0 Å². The van der Waals surface area contributed by atoms with E-state index in [2.05, 4.69) is 22.1 Å². The first-order valence-electron chi connectivity index (χ1n) is 8.44. The third kappa shape index (κ3) is 3.78. The van der Waals surface area contributed by atoms with Crippen LogP contribution < -0.4 is 0 Å². The largest absolute Gasteiger partial charge is 0.452 e. The summed E-state index contributed by atoms with van der Waals surface area (Å²) in [5, 5.41) is 16.6. The fourth-order valence-electron chi connectivity index (χ4n) is 2.69. The minimum atomic E-state index is -4.61. The van der Waals surface area contributed by atoms with Gasteiger partial charge in [0.05, 0.1) is 11.0 Å². The van der Waals surface area contributed by atoms with Gasteiger partial charge in [0.2, 0.25) is 5.82 Å². The smallest absolute Gasteiger partial charge is 0.396 e. The number of aryl methyl sites for hydroxylation is 1. The van der Waals surface area contributed by atoms with Crippen LogP contribution in [0.25, 0.3) is 16.7 Å². The highest BCUT2D eigenvalue weighted by Gasteiger charge is 2.38. The molecule has 0 radical (unpaired) electrons. The number of rotatable bonds is 7. The van der Waals surface area contributed by atoms with Gasteiger partial charge in [-0.1, -0.05) is 19.4 Å². The van der Waals surface area contributed by atoms with Crippen molar-refractivity contribution < 1.29 is 18.3 Å². The molecule has 0 amide bonds. The number of aliphatic hydroxyl groups is 1. The highest BCUT2D eigenvalue weighted by Crippen LogP contribution is 2.33. The third-order valence-electron chi connectivity index (χ3n) is 3.97. The van der Waals surface area contributed by atoms with E-state index in [4.69, 9.17) is 5.11 Å². The van der Waals surface area contributed by atoms with E-state index >= 15 is 0 Å². The van der Waals surface area contributed by atoms with Crippen LogP contribution in [0, 0.1) is 0 Å². The number of hydrogen-bond donors (Lipinski definition) is 1.